The topological polar surface area (TPSA) is 68.8 Å². The Labute approximate surface area is 105 Å². The Bertz CT molecular complexity index is 512. The van der Waals surface area contributed by atoms with Gasteiger partial charge in [-0.15, -0.1) is 0 Å². The van der Waals surface area contributed by atoms with Crippen molar-refractivity contribution in [2.24, 2.45) is 0 Å². The Morgan fingerprint density at radius 1 is 1.44 bits per heavy atom. The van der Waals surface area contributed by atoms with E-state index in [0.29, 0.717) is 24.3 Å². The Hall–Kier alpha value is -1.85. The highest BCUT2D eigenvalue weighted by Crippen LogP contribution is 2.21. The smallest absolute Gasteiger partial charge is 0.246 e. The van der Waals surface area contributed by atoms with Gasteiger partial charge in [0, 0.05) is 18.4 Å². The molecule has 0 unspecified atom stereocenters. The van der Waals surface area contributed by atoms with E-state index in [1.165, 1.54) is 25.7 Å². The second kappa shape index (κ2) is 4.80. The molecule has 6 heteroatoms. The number of imidazole rings is 1. The maximum atomic E-state index is 5.13. The Balaban J connectivity index is 1.70. The molecule has 0 bridgehead atoms. The average molecular weight is 247 g/mol. The minimum absolute atomic E-state index is 0.551. The molecule has 6 nitrogen and oxygen atoms in total. The molecule has 2 heterocycles. The van der Waals surface area contributed by atoms with Gasteiger partial charge in [-0.1, -0.05) is 18.0 Å². The van der Waals surface area contributed by atoms with Gasteiger partial charge in [-0.05, 0) is 19.8 Å². The summed E-state index contributed by atoms with van der Waals surface area (Å²) in [6.45, 7) is 2.38. The van der Waals surface area contributed by atoms with Crippen LogP contribution in [0.4, 0.5) is 5.95 Å². The predicted octanol–water partition coefficient (Wildman–Crippen LogP) is 1.98. The molecule has 3 rings (SSSR count). The fourth-order valence-corrected chi connectivity index (χ4v) is 2.38. The van der Waals surface area contributed by atoms with Gasteiger partial charge in [0.25, 0.3) is 0 Å². The van der Waals surface area contributed by atoms with Crippen LogP contribution in [0.25, 0.3) is 0 Å². The zero-order valence-corrected chi connectivity index (χ0v) is 10.5. The van der Waals surface area contributed by atoms with E-state index < -0.39 is 0 Å². The number of hydrogen-bond donors (Lipinski definition) is 1. The van der Waals surface area contributed by atoms with Crippen LogP contribution >= 0.6 is 0 Å². The standard InChI is InChI=1S/C12H17N5O/c1-9-14-11(18-16-9)8-17-7-6-13-12(17)15-10-4-2-3-5-10/h6-7,10H,2-5,8H2,1H3,(H,13,15). The fraction of sp³-hybridized carbons (Fsp3) is 0.583. The lowest BCUT2D eigenvalue weighted by Gasteiger charge is -2.13. The van der Waals surface area contributed by atoms with Gasteiger partial charge in [-0.3, -0.25) is 0 Å². The fourth-order valence-electron chi connectivity index (χ4n) is 2.38. The van der Waals surface area contributed by atoms with E-state index in [4.69, 9.17) is 4.52 Å². The highest BCUT2D eigenvalue weighted by Gasteiger charge is 2.17. The summed E-state index contributed by atoms with van der Waals surface area (Å²) in [5.74, 6) is 2.16. The van der Waals surface area contributed by atoms with Crippen LogP contribution in [-0.2, 0) is 6.54 Å². The Morgan fingerprint density at radius 2 is 2.28 bits per heavy atom. The maximum absolute atomic E-state index is 5.13. The molecule has 2 aromatic rings. The lowest BCUT2D eigenvalue weighted by molar-refractivity contribution is 0.368. The largest absolute Gasteiger partial charge is 0.353 e. The van der Waals surface area contributed by atoms with Crippen molar-refractivity contribution >= 4 is 5.95 Å². The third-order valence-electron chi connectivity index (χ3n) is 3.28. The first-order valence-electron chi connectivity index (χ1n) is 6.38. The highest BCUT2D eigenvalue weighted by molar-refractivity contribution is 5.28. The number of nitrogens with one attached hydrogen (secondary N) is 1. The molecule has 18 heavy (non-hydrogen) atoms. The lowest BCUT2D eigenvalue weighted by Crippen LogP contribution is -2.18. The van der Waals surface area contributed by atoms with Crippen molar-refractivity contribution in [2.45, 2.75) is 45.2 Å². The van der Waals surface area contributed by atoms with Gasteiger partial charge in [0.05, 0.1) is 0 Å². The van der Waals surface area contributed by atoms with Crippen LogP contribution in [0.1, 0.15) is 37.4 Å². The van der Waals surface area contributed by atoms with Crippen molar-refractivity contribution in [2.75, 3.05) is 5.32 Å². The number of rotatable bonds is 4. The van der Waals surface area contributed by atoms with Crippen molar-refractivity contribution in [1.29, 1.82) is 0 Å². The zero-order valence-electron chi connectivity index (χ0n) is 10.5. The molecule has 1 N–H and O–H groups in total. The number of aromatic nitrogens is 4. The van der Waals surface area contributed by atoms with E-state index in [1.807, 2.05) is 17.7 Å². The third-order valence-corrected chi connectivity index (χ3v) is 3.28. The van der Waals surface area contributed by atoms with Gasteiger partial charge in [-0.25, -0.2) is 4.98 Å². The molecule has 0 aromatic carbocycles. The monoisotopic (exact) mass is 247 g/mol. The van der Waals surface area contributed by atoms with Gasteiger partial charge < -0.3 is 14.4 Å². The van der Waals surface area contributed by atoms with Crippen LogP contribution in [0, 0.1) is 6.92 Å². The van der Waals surface area contributed by atoms with Crippen molar-refractivity contribution < 1.29 is 4.52 Å². The molecule has 1 aliphatic carbocycles. The Kier molecular flexibility index (Phi) is 3.00. The SMILES string of the molecule is Cc1noc(Cn2ccnc2NC2CCCC2)n1. The summed E-state index contributed by atoms with van der Waals surface area (Å²) in [4.78, 5) is 8.55. The molecule has 0 spiro atoms. The predicted molar refractivity (Wildman–Crippen MR) is 66.2 cm³/mol. The number of anilines is 1. The summed E-state index contributed by atoms with van der Waals surface area (Å²) in [5, 5.41) is 7.27. The van der Waals surface area contributed by atoms with E-state index in [0.717, 1.165) is 5.95 Å². The molecule has 0 amide bonds. The first-order valence-corrected chi connectivity index (χ1v) is 6.38. The van der Waals surface area contributed by atoms with Crippen molar-refractivity contribution in [1.82, 2.24) is 19.7 Å². The maximum Gasteiger partial charge on any atom is 0.246 e. The van der Waals surface area contributed by atoms with E-state index >= 15 is 0 Å². The molecular weight excluding hydrogens is 230 g/mol. The number of nitrogens with zero attached hydrogens (tertiary/aromatic N) is 4. The molecule has 0 aliphatic heterocycles. The van der Waals surface area contributed by atoms with E-state index in [2.05, 4.69) is 20.4 Å². The molecule has 96 valence electrons. The second-order valence-electron chi connectivity index (χ2n) is 4.74. The summed E-state index contributed by atoms with van der Waals surface area (Å²) in [5.41, 5.74) is 0. The van der Waals surface area contributed by atoms with Gasteiger partial charge >= 0.3 is 0 Å². The summed E-state index contributed by atoms with van der Waals surface area (Å²) in [6.07, 6.45) is 8.79. The van der Waals surface area contributed by atoms with Gasteiger partial charge in [0.2, 0.25) is 11.8 Å². The Morgan fingerprint density at radius 3 is 3.00 bits per heavy atom. The summed E-state index contributed by atoms with van der Waals surface area (Å²) >= 11 is 0. The molecule has 0 saturated heterocycles. The van der Waals surface area contributed by atoms with Crippen LogP contribution in [0.3, 0.4) is 0 Å². The highest BCUT2D eigenvalue weighted by atomic mass is 16.5. The number of aryl methyl sites for hydroxylation is 1. The van der Waals surface area contributed by atoms with Crippen LogP contribution in [0.5, 0.6) is 0 Å². The van der Waals surface area contributed by atoms with Crippen LogP contribution in [-0.4, -0.2) is 25.7 Å². The normalized spacial score (nSPS) is 16.3. The van der Waals surface area contributed by atoms with Gasteiger partial charge in [-0.2, -0.15) is 4.98 Å². The quantitative estimate of drug-likeness (QED) is 0.894. The number of hydrogen-bond acceptors (Lipinski definition) is 5. The minimum atomic E-state index is 0.551. The second-order valence-corrected chi connectivity index (χ2v) is 4.74. The molecule has 1 fully saturated rings. The molecular formula is C12H17N5O. The van der Waals surface area contributed by atoms with E-state index in [1.54, 1.807) is 6.20 Å². The van der Waals surface area contributed by atoms with Gasteiger partial charge in [0.1, 0.15) is 6.54 Å². The van der Waals surface area contributed by atoms with Crippen LogP contribution in [0.2, 0.25) is 0 Å². The zero-order chi connectivity index (χ0) is 12.4. The molecule has 0 radical (unpaired) electrons. The minimum Gasteiger partial charge on any atom is -0.353 e. The van der Waals surface area contributed by atoms with Crippen molar-refractivity contribution in [3.63, 3.8) is 0 Å². The molecule has 1 saturated carbocycles. The van der Waals surface area contributed by atoms with Crippen LogP contribution < -0.4 is 5.32 Å². The molecule has 1 aliphatic rings. The third kappa shape index (κ3) is 2.37. The molecule has 2 aromatic heterocycles. The average Bonchev–Trinajstić information content (AvgIpc) is 3.05. The summed E-state index contributed by atoms with van der Waals surface area (Å²) < 4.78 is 7.13. The van der Waals surface area contributed by atoms with Gasteiger partial charge in [0.15, 0.2) is 5.82 Å². The first kappa shape index (κ1) is 11.3. The summed E-state index contributed by atoms with van der Waals surface area (Å²) in [6, 6.07) is 0.551. The first-order chi connectivity index (χ1) is 8.81. The summed E-state index contributed by atoms with van der Waals surface area (Å²) in [7, 11) is 0. The molecule has 0 atom stereocenters. The van der Waals surface area contributed by atoms with E-state index in [9.17, 15) is 0 Å². The van der Waals surface area contributed by atoms with Crippen LogP contribution in [0.15, 0.2) is 16.9 Å². The van der Waals surface area contributed by atoms with Crippen molar-refractivity contribution in [3.05, 3.63) is 24.1 Å². The van der Waals surface area contributed by atoms with E-state index in [-0.39, 0.29) is 0 Å². The van der Waals surface area contributed by atoms with Crippen molar-refractivity contribution in [3.8, 4) is 0 Å². The lowest BCUT2D eigenvalue weighted by atomic mass is 10.2.